The molecule has 0 unspecified atom stereocenters. The van der Waals surface area contributed by atoms with Crippen LogP contribution in [0.4, 0.5) is 0 Å². The van der Waals surface area contributed by atoms with E-state index in [9.17, 15) is 4.79 Å². The molecular formula is C16H20N2O2. The van der Waals surface area contributed by atoms with Crippen LogP contribution in [0.2, 0.25) is 0 Å². The van der Waals surface area contributed by atoms with Gasteiger partial charge in [0.25, 0.3) is 0 Å². The number of nitrogens with zero attached hydrogens (tertiary/aromatic N) is 2. The number of imidazole rings is 1. The molecule has 0 spiro atoms. The number of hydrogen-bond acceptors (Lipinski definition) is 3. The van der Waals surface area contributed by atoms with Gasteiger partial charge in [-0.15, -0.1) is 0 Å². The van der Waals surface area contributed by atoms with E-state index in [1.807, 2.05) is 38.2 Å². The van der Waals surface area contributed by atoms with Gasteiger partial charge < -0.3 is 9.30 Å². The predicted octanol–water partition coefficient (Wildman–Crippen LogP) is 2.95. The van der Waals surface area contributed by atoms with Gasteiger partial charge in [-0.3, -0.25) is 4.79 Å². The first-order valence-electron chi connectivity index (χ1n) is 7.28. The fourth-order valence-electron chi connectivity index (χ4n) is 3.34. The number of para-hydroxylation sites is 2. The van der Waals surface area contributed by atoms with Crippen molar-refractivity contribution in [3.63, 3.8) is 0 Å². The Kier molecular flexibility index (Phi) is 3.24. The summed E-state index contributed by atoms with van der Waals surface area (Å²) in [4.78, 5) is 17.3. The number of aromatic nitrogens is 2. The summed E-state index contributed by atoms with van der Waals surface area (Å²) >= 11 is 0. The van der Waals surface area contributed by atoms with Gasteiger partial charge in [-0.1, -0.05) is 25.0 Å². The summed E-state index contributed by atoms with van der Waals surface area (Å²) < 4.78 is 7.40. The molecule has 1 aliphatic rings. The van der Waals surface area contributed by atoms with Gasteiger partial charge in [-0.05, 0) is 31.9 Å². The van der Waals surface area contributed by atoms with Crippen molar-refractivity contribution in [2.24, 2.45) is 7.05 Å². The molecule has 0 radical (unpaired) electrons. The van der Waals surface area contributed by atoms with Crippen LogP contribution in [0.1, 0.15) is 38.4 Å². The SMILES string of the molecule is CCOC(=O)C1(c2nc3ccccc3n2C)CCCC1. The minimum Gasteiger partial charge on any atom is -0.465 e. The third-order valence-electron chi connectivity index (χ3n) is 4.34. The first-order chi connectivity index (χ1) is 9.69. The van der Waals surface area contributed by atoms with Gasteiger partial charge in [0.05, 0.1) is 17.6 Å². The molecule has 106 valence electrons. The van der Waals surface area contributed by atoms with Crippen LogP contribution in [-0.4, -0.2) is 22.1 Å². The number of fused-ring (bicyclic) bond motifs is 1. The highest BCUT2D eigenvalue weighted by Crippen LogP contribution is 2.42. The van der Waals surface area contributed by atoms with Gasteiger partial charge in [-0.2, -0.15) is 0 Å². The molecule has 1 fully saturated rings. The molecule has 1 saturated carbocycles. The summed E-state index contributed by atoms with van der Waals surface area (Å²) in [7, 11) is 1.99. The quantitative estimate of drug-likeness (QED) is 0.807. The summed E-state index contributed by atoms with van der Waals surface area (Å²) in [5.74, 6) is 0.741. The monoisotopic (exact) mass is 272 g/mol. The summed E-state index contributed by atoms with van der Waals surface area (Å²) in [5.41, 5.74) is 1.46. The fraction of sp³-hybridized carbons (Fsp3) is 0.500. The van der Waals surface area contributed by atoms with Crippen LogP contribution in [0.25, 0.3) is 11.0 Å². The number of ether oxygens (including phenoxy) is 1. The molecule has 20 heavy (non-hydrogen) atoms. The first-order valence-corrected chi connectivity index (χ1v) is 7.28. The molecule has 1 aromatic heterocycles. The lowest BCUT2D eigenvalue weighted by Gasteiger charge is -2.25. The van der Waals surface area contributed by atoms with Crippen molar-refractivity contribution in [3.05, 3.63) is 30.1 Å². The van der Waals surface area contributed by atoms with Crippen molar-refractivity contribution in [2.45, 2.75) is 38.0 Å². The van der Waals surface area contributed by atoms with E-state index >= 15 is 0 Å². The van der Waals surface area contributed by atoms with Crippen molar-refractivity contribution in [2.75, 3.05) is 6.61 Å². The molecule has 2 aromatic rings. The van der Waals surface area contributed by atoms with Crippen molar-refractivity contribution in [3.8, 4) is 0 Å². The van der Waals surface area contributed by atoms with Crippen LogP contribution < -0.4 is 0 Å². The lowest BCUT2D eigenvalue weighted by atomic mass is 9.85. The lowest BCUT2D eigenvalue weighted by Crippen LogP contribution is -2.37. The highest BCUT2D eigenvalue weighted by Gasteiger charge is 2.47. The van der Waals surface area contributed by atoms with Gasteiger partial charge in [0, 0.05) is 7.05 Å². The highest BCUT2D eigenvalue weighted by molar-refractivity contribution is 5.85. The molecule has 0 N–H and O–H groups in total. The van der Waals surface area contributed by atoms with Gasteiger partial charge in [0.2, 0.25) is 0 Å². The van der Waals surface area contributed by atoms with Crippen molar-refractivity contribution >= 4 is 17.0 Å². The number of carbonyl (C=O) groups excluding carboxylic acids is 1. The Balaban J connectivity index is 2.15. The van der Waals surface area contributed by atoms with Crippen LogP contribution >= 0.6 is 0 Å². The average Bonchev–Trinajstić information content (AvgIpc) is 3.06. The molecule has 4 nitrogen and oxygen atoms in total. The van der Waals surface area contributed by atoms with E-state index in [2.05, 4.69) is 4.57 Å². The summed E-state index contributed by atoms with van der Waals surface area (Å²) in [6, 6.07) is 8.01. The number of hydrogen-bond donors (Lipinski definition) is 0. The minimum absolute atomic E-state index is 0.115. The van der Waals surface area contributed by atoms with Gasteiger partial charge >= 0.3 is 5.97 Å². The summed E-state index contributed by atoms with van der Waals surface area (Å²) in [5, 5.41) is 0. The zero-order valence-electron chi connectivity index (χ0n) is 12.1. The molecule has 0 saturated heterocycles. The summed E-state index contributed by atoms with van der Waals surface area (Å²) in [6.07, 6.45) is 3.79. The first kappa shape index (κ1) is 13.2. The molecule has 0 atom stereocenters. The van der Waals surface area contributed by atoms with Crippen molar-refractivity contribution in [1.29, 1.82) is 0 Å². The van der Waals surface area contributed by atoms with E-state index in [-0.39, 0.29) is 5.97 Å². The van der Waals surface area contributed by atoms with Crippen LogP contribution in [0.3, 0.4) is 0 Å². The van der Waals surface area contributed by atoms with E-state index in [0.29, 0.717) is 6.61 Å². The molecule has 0 bridgehead atoms. The van der Waals surface area contributed by atoms with E-state index in [4.69, 9.17) is 9.72 Å². The molecule has 1 heterocycles. The molecule has 4 heteroatoms. The van der Waals surface area contributed by atoms with E-state index in [0.717, 1.165) is 42.5 Å². The van der Waals surface area contributed by atoms with Crippen molar-refractivity contribution < 1.29 is 9.53 Å². The molecule has 0 aliphatic heterocycles. The number of aryl methyl sites for hydroxylation is 1. The molecule has 1 aromatic carbocycles. The normalized spacial score (nSPS) is 17.5. The fourth-order valence-corrected chi connectivity index (χ4v) is 3.34. The van der Waals surface area contributed by atoms with E-state index in [1.165, 1.54) is 0 Å². The topological polar surface area (TPSA) is 44.1 Å². The van der Waals surface area contributed by atoms with Crippen LogP contribution in [0, 0.1) is 0 Å². The standard InChI is InChI=1S/C16H20N2O2/c1-3-20-15(19)16(10-6-7-11-16)14-17-12-8-4-5-9-13(12)18(14)2/h4-5,8-9H,3,6-7,10-11H2,1-2H3. The minimum atomic E-state index is -0.552. The second-order valence-electron chi connectivity index (χ2n) is 5.49. The Bertz CT molecular complexity index is 639. The van der Waals surface area contributed by atoms with Crippen molar-refractivity contribution in [1.82, 2.24) is 9.55 Å². The van der Waals surface area contributed by atoms with Gasteiger partial charge in [-0.25, -0.2) is 4.98 Å². The molecular weight excluding hydrogens is 252 g/mol. The second-order valence-corrected chi connectivity index (χ2v) is 5.49. The van der Waals surface area contributed by atoms with E-state index < -0.39 is 5.41 Å². The van der Waals surface area contributed by atoms with Crippen LogP contribution in [0.5, 0.6) is 0 Å². The predicted molar refractivity (Wildman–Crippen MR) is 77.5 cm³/mol. The highest BCUT2D eigenvalue weighted by atomic mass is 16.5. The zero-order chi connectivity index (χ0) is 14.2. The Morgan fingerprint density at radius 3 is 2.70 bits per heavy atom. The van der Waals surface area contributed by atoms with Gasteiger partial charge in [0.15, 0.2) is 0 Å². The van der Waals surface area contributed by atoms with E-state index in [1.54, 1.807) is 0 Å². The molecule has 0 amide bonds. The lowest BCUT2D eigenvalue weighted by molar-refractivity contribution is -0.150. The maximum Gasteiger partial charge on any atom is 0.319 e. The number of esters is 1. The number of carbonyl (C=O) groups is 1. The number of rotatable bonds is 3. The maximum absolute atomic E-state index is 12.5. The smallest absolute Gasteiger partial charge is 0.319 e. The zero-order valence-corrected chi connectivity index (χ0v) is 12.1. The third kappa shape index (κ3) is 1.82. The Hall–Kier alpha value is -1.84. The summed E-state index contributed by atoms with van der Waals surface area (Å²) in [6.45, 7) is 2.28. The average molecular weight is 272 g/mol. The number of benzene rings is 1. The van der Waals surface area contributed by atoms with Crippen LogP contribution in [0.15, 0.2) is 24.3 Å². The Labute approximate surface area is 118 Å². The Morgan fingerprint density at radius 1 is 1.35 bits per heavy atom. The van der Waals surface area contributed by atoms with Crippen LogP contribution in [-0.2, 0) is 22.0 Å². The second kappa shape index (κ2) is 4.93. The van der Waals surface area contributed by atoms with Gasteiger partial charge in [0.1, 0.15) is 11.2 Å². The third-order valence-corrected chi connectivity index (χ3v) is 4.34. The Morgan fingerprint density at radius 2 is 2.05 bits per heavy atom. The largest absolute Gasteiger partial charge is 0.465 e. The maximum atomic E-state index is 12.5. The molecule has 1 aliphatic carbocycles. The molecule has 3 rings (SSSR count).